The van der Waals surface area contributed by atoms with E-state index >= 15 is 0 Å². The van der Waals surface area contributed by atoms with Gasteiger partial charge in [-0.05, 0) is 43.9 Å². The SMILES string of the molecule is CC1CCN(C2COC2)C1.Nc1ncc(-c2ccn(C3CCCC3)n2)cc1OC(F)(F)F. The summed E-state index contributed by atoms with van der Waals surface area (Å²) < 4.78 is 47.9. The predicted octanol–water partition coefficient (Wildman–Crippen LogP) is 4.27. The lowest BCUT2D eigenvalue weighted by molar-refractivity contribution is -0.274. The lowest BCUT2D eigenvalue weighted by Gasteiger charge is -2.34. The number of nitrogens with zero attached hydrogens (tertiary/aromatic N) is 4. The molecule has 7 nitrogen and oxygen atoms in total. The van der Waals surface area contributed by atoms with E-state index in [1.165, 1.54) is 44.6 Å². The highest BCUT2D eigenvalue weighted by Crippen LogP contribution is 2.33. The van der Waals surface area contributed by atoms with Crippen molar-refractivity contribution in [3.63, 3.8) is 0 Å². The van der Waals surface area contributed by atoms with Crippen LogP contribution in [0.3, 0.4) is 0 Å². The lowest BCUT2D eigenvalue weighted by atomic mass is 10.2. The fraction of sp³-hybridized carbons (Fsp3) is 0.636. The first-order valence-electron chi connectivity index (χ1n) is 11.2. The highest BCUT2D eigenvalue weighted by molar-refractivity contribution is 5.63. The molecule has 1 unspecified atom stereocenters. The molecule has 0 aromatic carbocycles. The minimum Gasteiger partial charge on any atom is -0.402 e. The Morgan fingerprint density at radius 1 is 1.16 bits per heavy atom. The van der Waals surface area contributed by atoms with Gasteiger partial charge in [0, 0.05) is 24.5 Å². The van der Waals surface area contributed by atoms with Crippen LogP contribution in [-0.2, 0) is 4.74 Å². The summed E-state index contributed by atoms with van der Waals surface area (Å²) in [5.74, 6) is 0.0947. The van der Waals surface area contributed by atoms with E-state index in [4.69, 9.17) is 10.5 Å². The van der Waals surface area contributed by atoms with Crippen LogP contribution in [0.4, 0.5) is 19.0 Å². The molecule has 176 valence electrons. The number of halogens is 3. The van der Waals surface area contributed by atoms with Crippen molar-refractivity contribution in [2.45, 2.75) is 57.5 Å². The molecule has 10 heteroatoms. The molecular weight excluding hydrogens is 423 g/mol. The van der Waals surface area contributed by atoms with Gasteiger partial charge in [0.1, 0.15) is 0 Å². The fourth-order valence-corrected chi connectivity index (χ4v) is 4.40. The topological polar surface area (TPSA) is 78.4 Å². The normalized spacial score (nSPS) is 22.4. The third kappa shape index (κ3) is 5.72. The van der Waals surface area contributed by atoms with Gasteiger partial charge in [0.2, 0.25) is 0 Å². The number of anilines is 1. The zero-order valence-corrected chi connectivity index (χ0v) is 18.2. The van der Waals surface area contributed by atoms with Gasteiger partial charge >= 0.3 is 6.36 Å². The van der Waals surface area contributed by atoms with Crippen LogP contribution in [0.25, 0.3) is 11.3 Å². The molecule has 0 radical (unpaired) electrons. The van der Waals surface area contributed by atoms with Crippen LogP contribution < -0.4 is 10.5 Å². The lowest BCUT2D eigenvalue weighted by Crippen LogP contribution is -2.47. The minimum atomic E-state index is -4.81. The van der Waals surface area contributed by atoms with E-state index in [0.717, 1.165) is 38.0 Å². The van der Waals surface area contributed by atoms with Gasteiger partial charge in [-0.25, -0.2) is 4.98 Å². The van der Waals surface area contributed by atoms with Crippen molar-refractivity contribution < 1.29 is 22.6 Å². The first-order valence-corrected chi connectivity index (χ1v) is 11.2. The summed E-state index contributed by atoms with van der Waals surface area (Å²) in [6.45, 7) is 6.89. The van der Waals surface area contributed by atoms with Gasteiger partial charge in [0.25, 0.3) is 0 Å². The van der Waals surface area contributed by atoms with Crippen molar-refractivity contribution in [3.05, 3.63) is 24.5 Å². The van der Waals surface area contributed by atoms with Crippen LogP contribution in [0.2, 0.25) is 0 Å². The fourth-order valence-electron chi connectivity index (χ4n) is 4.40. The molecule has 2 aromatic rings. The summed E-state index contributed by atoms with van der Waals surface area (Å²) in [5, 5.41) is 4.43. The first-order chi connectivity index (χ1) is 15.3. The van der Waals surface area contributed by atoms with Crippen LogP contribution in [0.1, 0.15) is 45.1 Å². The van der Waals surface area contributed by atoms with Crippen LogP contribution in [0.15, 0.2) is 24.5 Å². The van der Waals surface area contributed by atoms with Gasteiger partial charge in [-0.3, -0.25) is 9.58 Å². The third-order valence-electron chi connectivity index (χ3n) is 6.30. The van der Waals surface area contributed by atoms with Crippen molar-refractivity contribution in [1.82, 2.24) is 19.7 Å². The van der Waals surface area contributed by atoms with Gasteiger partial charge in [-0.1, -0.05) is 19.8 Å². The van der Waals surface area contributed by atoms with E-state index in [1.54, 1.807) is 6.07 Å². The number of ether oxygens (including phenoxy) is 2. The van der Waals surface area contributed by atoms with Crippen molar-refractivity contribution in [1.29, 1.82) is 0 Å². The highest BCUT2D eigenvalue weighted by atomic mass is 19.4. The molecule has 2 aliphatic heterocycles. The van der Waals surface area contributed by atoms with Crippen molar-refractivity contribution in [3.8, 4) is 17.0 Å². The Hall–Kier alpha value is -2.33. The molecule has 1 aliphatic carbocycles. The average molecular weight is 454 g/mol. The Kier molecular flexibility index (Phi) is 6.90. The zero-order valence-electron chi connectivity index (χ0n) is 18.2. The minimum absolute atomic E-state index is 0.309. The van der Waals surface area contributed by atoms with Gasteiger partial charge in [0.05, 0.1) is 31.0 Å². The van der Waals surface area contributed by atoms with E-state index in [2.05, 4.69) is 26.6 Å². The summed E-state index contributed by atoms with van der Waals surface area (Å²) in [6, 6.07) is 4.09. The largest absolute Gasteiger partial charge is 0.573 e. The standard InChI is InChI=1S/C14H15F3N4O.C8H15NO/c15-14(16,17)22-12-7-9(8-19-13(12)18)11-5-6-21(20-11)10-3-1-2-4-10;1-7-2-3-9(4-7)8-5-10-6-8/h5-8,10H,1-4H2,(H2,18,19);7-8H,2-6H2,1H3. The van der Waals surface area contributed by atoms with E-state index in [0.29, 0.717) is 17.3 Å². The molecule has 0 amide bonds. The number of hydrogen-bond donors (Lipinski definition) is 1. The van der Waals surface area contributed by atoms with E-state index in [-0.39, 0.29) is 5.82 Å². The number of aromatic nitrogens is 3. The van der Waals surface area contributed by atoms with Crippen molar-refractivity contribution in [2.24, 2.45) is 5.92 Å². The first kappa shape index (κ1) is 22.8. The summed E-state index contributed by atoms with van der Waals surface area (Å²) in [4.78, 5) is 6.31. The molecule has 1 atom stereocenters. The molecule has 5 rings (SSSR count). The molecule has 3 fully saturated rings. The monoisotopic (exact) mass is 453 g/mol. The van der Waals surface area contributed by atoms with Crippen LogP contribution in [0, 0.1) is 5.92 Å². The number of nitrogens with two attached hydrogens (primary N) is 1. The van der Waals surface area contributed by atoms with E-state index in [1.807, 2.05) is 10.9 Å². The molecule has 4 heterocycles. The van der Waals surface area contributed by atoms with Crippen LogP contribution in [0.5, 0.6) is 5.75 Å². The number of pyridine rings is 1. The smallest absolute Gasteiger partial charge is 0.402 e. The zero-order chi connectivity index (χ0) is 22.7. The number of hydrogen-bond acceptors (Lipinski definition) is 6. The maximum absolute atomic E-state index is 12.3. The second-order valence-electron chi connectivity index (χ2n) is 8.85. The predicted molar refractivity (Wildman–Crippen MR) is 114 cm³/mol. The molecule has 2 N–H and O–H groups in total. The molecule has 2 aromatic heterocycles. The maximum Gasteiger partial charge on any atom is 0.573 e. The number of alkyl halides is 3. The highest BCUT2D eigenvalue weighted by Gasteiger charge is 2.32. The van der Waals surface area contributed by atoms with Crippen molar-refractivity contribution in [2.75, 3.05) is 32.0 Å². The maximum atomic E-state index is 12.3. The Bertz CT molecular complexity index is 894. The molecular formula is C22H30F3N5O2. The van der Waals surface area contributed by atoms with Gasteiger partial charge in [0.15, 0.2) is 11.6 Å². The third-order valence-corrected chi connectivity index (χ3v) is 6.30. The second-order valence-corrected chi connectivity index (χ2v) is 8.85. The summed E-state index contributed by atoms with van der Waals surface area (Å²) >= 11 is 0. The Balaban J connectivity index is 0.000000203. The molecule has 32 heavy (non-hydrogen) atoms. The van der Waals surface area contributed by atoms with Crippen molar-refractivity contribution >= 4 is 5.82 Å². The van der Waals surface area contributed by atoms with Gasteiger partial charge < -0.3 is 15.2 Å². The second kappa shape index (κ2) is 9.66. The van der Waals surface area contributed by atoms with Crippen LogP contribution in [-0.4, -0.2) is 58.4 Å². The molecule has 2 saturated heterocycles. The van der Waals surface area contributed by atoms with Crippen LogP contribution >= 0.6 is 0 Å². The van der Waals surface area contributed by atoms with Gasteiger partial charge in [-0.15, -0.1) is 13.2 Å². The molecule has 0 bridgehead atoms. The molecule has 3 aliphatic rings. The summed E-state index contributed by atoms with van der Waals surface area (Å²) in [7, 11) is 0. The Morgan fingerprint density at radius 3 is 2.50 bits per heavy atom. The summed E-state index contributed by atoms with van der Waals surface area (Å²) in [5.41, 5.74) is 6.40. The van der Waals surface area contributed by atoms with E-state index in [9.17, 15) is 13.2 Å². The Morgan fingerprint density at radius 2 is 1.91 bits per heavy atom. The molecule has 0 spiro atoms. The van der Waals surface area contributed by atoms with E-state index < -0.39 is 12.1 Å². The number of rotatable bonds is 4. The summed E-state index contributed by atoms with van der Waals surface area (Å²) in [6.07, 6.45) is 4.30. The average Bonchev–Trinajstić information content (AvgIpc) is 3.43. The molecule has 1 saturated carbocycles. The number of nitrogen functional groups attached to an aromatic ring is 1. The quantitative estimate of drug-likeness (QED) is 0.745. The Labute approximate surface area is 185 Å². The van der Waals surface area contributed by atoms with Gasteiger partial charge in [-0.2, -0.15) is 5.10 Å². The number of likely N-dealkylation sites (tertiary alicyclic amines) is 1.